The van der Waals surface area contributed by atoms with Crippen LogP contribution < -0.4 is 0 Å². The predicted molar refractivity (Wildman–Crippen MR) is 105 cm³/mol. The number of rotatable bonds is 0. The zero-order valence-corrected chi connectivity index (χ0v) is 16.4. The van der Waals surface area contributed by atoms with Crippen LogP contribution in [-0.4, -0.2) is 11.2 Å². The van der Waals surface area contributed by atoms with Crippen LogP contribution in [-0.2, 0) is 6.42 Å². The Morgan fingerprint density at radius 1 is 1.00 bits per heavy atom. The molecule has 0 heterocycles. The van der Waals surface area contributed by atoms with Crippen LogP contribution in [0.4, 0.5) is 0 Å². The Morgan fingerprint density at radius 3 is 2.48 bits per heavy atom. The molecule has 0 saturated heterocycles. The Balaban J connectivity index is 0.000000758. The Kier molecular flexibility index (Phi) is 4.51. The second kappa shape index (κ2) is 6.41. The summed E-state index contributed by atoms with van der Waals surface area (Å²) in [6.07, 6.45) is 11.7. The summed E-state index contributed by atoms with van der Waals surface area (Å²) >= 11 is 0. The second-order valence-corrected chi connectivity index (χ2v) is 9.33. The first-order valence-electron chi connectivity index (χ1n) is 10.9. The fourth-order valence-electron chi connectivity index (χ4n) is 7.40. The van der Waals surface area contributed by atoms with Crippen molar-refractivity contribution in [1.29, 1.82) is 0 Å². The number of aliphatic hydroxyl groups is 1. The minimum absolute atomic E-state index is 0.0411. The van der Waals surface area contributed by atoms with Crippen LogP contribution in [0.5, 0.6) is 0 Å². The fourth-order valence-corrected chi connectivity index (χ4v) is 7.40. The van der Waals surface area contributed by atoms with Gasteiger partial charge < -0.3 is 5.11 Å². The number of hydrogen-bond acceptors (Lipinski definition) is 1. The van der Waals surface area contributed by atoms with Crippen LogP contribution in [0.3, 0.4) is 0 Å². The van der Waals surface area contributed by atoms with E-state index in [1.54, 1.807) is 11.1 Å². The van der Waals surface area contributed by atoms with Crippen LogP contribution in [0.15, 0.2) is 24.3 Å². The number of hydrogen-bond donors (Lipinski definition) is 1. The molecule has 0 aliphatic heterocycles. The van der Waals surface area contributed by atoms with Gasteiger partial charge in [-0.25, -0.2) is 0 Å². The molecule has 0 aromatic heterocycles. The third kappa shape index (κ3) is 2.45. The summed E-state index contributed by atoms with van der Waals surface area (Å²) in [5, 5.41) is 11.3. The molecule has 5 rings (SSSR count). The summed E-state index contributed by atoms with van der Waals surface area (Å²) in [7, 11) is 0. The minimum Gasteiger partial charge on any atom is -0.392 e. The van der Waals surface area contributed by atoms with Crippen molar-refractivity contribution >= 4 is 0 Å². The first-order chi connectivity index (χ1) is 12.1. The molecule has 5 atom stereocenters. The lowest BCUT2D eigenvalue weighted by molar-refractivity contribution is -0.0530. The third-order valence-corrected chi connectivity index (χ3v) is 8.51. The third-order valence-electron chi connectivity index (χ3n) is 8.51. The highest BCUT2D eigenvalue weighted by Crippen LogP contribution is 2.68. The molecule has 0 unspecified atom stereocenters. The largest absolute Gasteiger partial charge is 0.392 e. The van der Waals surface area contributed by atoms with E-state index in [2.05, 4.69) is 31.2 Å². The predicted octanol–water partition coefficient (Wildman–Crippen LogP) is 6.10. The van der Waals surface area contributed by atoms with Gasteiger partial charge in [0.1, 0.15) is 0 Å². The van der Waals surface area contributed by atoms with Crippen LogP contribution in [0.2, 0.25) is 0 Å². The van der Waals surface area contributed by atoms with E-state index in [1.165, 1.54) is 57.8 Å². The Bertz CT molecular complexity index is 614. The fraction of sp³-hybridized carbons (Fsp3) is 0.750. The molecular weight excluding hydrogens is 304 g/mol. The molecule has 1 spiro atoms. The summed E-state index contributed by atoms with van der Waals surface area (Å²) in [5.74, 6) is 2.34. The smallest absolute Gasteiger partial charge is 0.0652 e. The Morgan fingerprint density at radius 2 is 1.72 bits per heavy atom. The first kappa shape index (κ1) is 17.6. The highest BCUT2D eigenvalue weighted by atomic mass is 16.3. The van der Waals surface area contributed by atoms with Crippen molar-refractivity contribution in [3.05, 3.63) is 35.4 Å². The van der Waals surface area contributed by atoms with Crippen molar-refractivity contribution in [3.8, 4) is 0 Å². The van der Waals surface area contributed by atoms with E-state index in [4.69, 9.17) is 0 Å². The normalized spacial score (nSPS) is 40.6. The Labute approximate surface area is 154 Å². The highest BCUT2D eigenvalue weighted by molar-refractivity contribution is 5.35. The molecule has 1 aromatic carbocycles. The van der Waals surface area contributed by atoms with E-state index in [0.29, 0.717) is 0 Å². The topological polar surface area (TPSA) is 20.2 Å². The standard InChI is InChI=1S/C22H30O.C2H6/c1-21-13-10-17-16-7-3-2-6-15(16)8-9-18(17)19(21)14-22(20(21)23)11-4-5-12-22;1-2/h2-3,6-7,17-20,23H,4-5,8-14H2,1H3;1-2H3/t17-,18-,19+,20+,21+;/m0./s1. The maximum absolute atomic E-state index is 11.3. The average Bonchev–Trinajstić information content (AvgIpc) is 3.22. The van der Waals surface area contributed by atoms with E-state index in [0.717, 1.165) is 17.8 Å². The molecule has 0 bridgehead atoms. The minimum atomic E-state index is -0.0411. The number of benzene rings is 1. The van der Waals surface area contributed by atoms with Gasteiger partial charge in [0, 0.05) is 0 Å². The van der Waals surface area contributed by atoms with Crippen LogP contribution in [0, 0.1) is 22.7 Å². The molecule has 0 radical (unpaired) electrons. The van der Waals surface area contributed by atoms with Gasteiger partial charge >= 0.3 is 0 Å². The zero-order chi connectivity index (χ0) is 17.7. The summed E-state index contributed by atoms with van der Waals surface area (Å²) in [4.78, 5) is 0. The molecule has 4 aliphatic rings. The van der Waals surface area contributed by atoms with Crippen LogP contribution >= 0.6 is 0 Å². The van der Waals surface area contributed by atoms with E-state index in [1.807, 2.05) is 13.8 Å². The molecule has 1 aromatic rings. The SMILES string of the molecule is CC.C[C@@]12CC[C@H]3c4ccccc4CC[C@@H]3[C@H]1CC1(CCCC1)[C@@H]2O. The van der Waals surface area contributed by atoms with E-state index in [9.17, 15) is 5.11 Å². The highest BCUT2D eigenvalue weighted by Gasteiger charge is 2.63. The number of aryl methyl sites for hydroxylation is 1. The van der Waals surface area contributed by atoms with Crippen LogP contribution in [0.25, 0.3) is 0 Å². The molecule has 0 amide bonds. The van der Waals surface area contributed by atoms with Gasteiger partial charge in [0.05, 0.1) is 6.10 Å². The summed E-state index contributed by atoms with van der Waals surface area (Å²) in [5.41, 5.74) is 3.72. The lowest BCUT2D eigenvalue weighted by Crippen LogP contribution is -2.45. The van der Waals surface area contributed by atoms with Crippen molar-refractivity contribution in [1.82, 2.24) is 0 Å². The van der Waals surface area contributed by atoms with E-state index in [-0.39, 0.29) is 16.9 Å². The number of fused-ring (bicyclic) bond motifs is 5. The molecule has 3 saturated carbocycles. The first-order valence-corrected chi connectivity index (χ1v) is 10.9. The molecule has 138 valence electrons. The van der Waals surface area contributed by atoms with Gasteiger partial charge in [0.25, 0.3) is 0 Å². The van der Waals surface area contributed by atoms with Gasteiger partial charge in [0.15, 0.2) is 0 Å². The summed E-state index contributed by atoms with van der Waals surface area (Å²) in [6, 6.07) is 9.18. The van der Waals surface area contributed by atoms with Gasteiger partial charge in [-0.1, -0.05) is 57.9 Å². The van der Waals surface area contributed by atoms with Crippen molar-refractivity contribution in [3.63, 3.8) is 0 Å². The van der Waals surface area contributed by atoms with Crippen LogP contribution in [0.1, 0.15) is 89.2 Å². The maximum atomic E-state index is 11.3. The number of aliphatic hydroxyl groups excluding tert-OH is 1. The van der Waals surface area contributed by atoms with Crippen molar-refractivity contribution in [2.24, 2.45) is 22.7 Å². The monoisotopic (exact) mass is 340 g/mol. The lowest BCUT2D eigenvalue weighted by Gasteiger charge is -2.50. The molecular formula is C24H36O. The molecule has 4 aliphatic carbocycles. The van der Waals surface area contributed by atoms with Gasteiger partial charge in [-0.3, -0.25) is 0 Å². The van der Waals surface area contributed by atoms with Crippen molar-refractivity contribution in [2.75, 3.05) is 0 Å². The van der Waals surface area contributed by atoms with Gasteiger partial charge in [-0.05, 0) is 84.7 Å². The molecule has 1 N–H and O–H groups in total. The zero-order valence-electron chi connectivity index (χ0n) is 16.4. The molecule has 3 fully saturated rings. The van der Waals surface area contributed by atoms with Gasteiger partial charge in [0.2, 0.25) is 0 Å². The molecule has 1 heteroatoms. The lowest BCUT2D eigenvalue weighted by atomic mass is 9.55. The Hall–Kier alpha value is -0.820. The molecule has 25 heavy (non-hydrogen) atoms. The average molecular weight is 341 g/mol. The molecule has 1 nitrogen and oxygen atoms in total. The van der Waals surface area contributed by atoms with E-state index >= 15 is 0 Å². The van der Waals surface area contributed by atoms with Crippen molar-refractivity contribution < 1.29 is 5.11 Å². The van der Waals surface area contributed by atoms with E-state index < -0.39 is 0 Å². The van der Waals surface area contributed by atoms with Crippen molar-refractivity contribution in [2.45, 2.75) is 90.6 Å². The van der Waals surface area contributed by atoms with Gasteiger partial charge in [-0.2, -0.15) is 0 Å². The summed E-state index contributed by atoms with van der Waals surface area (Å²) < 4.78 is 0. The summed E-state index contributed by atoms with van der Waals surface area (Å²) in [6.45, 7) is 6.44. The van der Waals surface area contributed by atoms with Gasteiger partial charge in [-0.15, -0.1) is 0 Å². The quantitative estimate of drug-likeness (QED) is 0.605. The second-order valence-electron chi connectivity index (χ2n) is 9.33. The maximum Gasteiger partial charge on any atom is 0.0652 e.